The Bertz CT molecular complexity index is 1580. The van der Waals surface area contributed by atoms with E-state index in [1.807, 2.05) is 30.3 Å². The van der Waals surface area contributed by atoms with Gasteiger partial charge in [0.25, 0.3) is 5.91 Å². The normalized spacial score (nSPS) is 15.5. The van der Waals surface area contributed by atoms with Gasteiger partial charge >= 0.3 is 5.97 Å². The third-order valence-corrected chi connectivity index (χ3v) is 6.46. The average Bonchev–Trinajstić information content (AvgIpc) is 3.29. The van der Waals surface area contributed by atoms with Gasteiger partial charge in [0, 0.05) is 28.9 Å². The fourth-order valence-corrected chi connectivity index (χ4v) is 4.61. The molecule has 0 radical (unpaired) electrons. The first-order valence-electron chi connectivity index (χ1n) is 12.0. The molecule has 1 heterocycles. The van der Waals surface area contributed by atoms with E-state index in [-0.39, 0.29) is 22.5 Å². The number of quaternary nitrogens is 1. The highest BCUT2D eigenvalue weighted by Crippen LogP contribution is 2.39. The fourth-order valence-electron chi connectivity index (χ4n) is 4.61. The number of ketones is 2. The summed E-state index contributed by atoms with van der Waals surface area (Å²) in [5.74, 6) is -5.35. The Hall–Kier alpha value is -4.96. The molecule has 39 heavy (non-hydrogen) atoms. The molecule has 9 nitrogen and oxygen atoms in total. The number of Topliss-reactive ketones (excluding diaryl/α,β-unsaturated/α-hetero) is 2. The van der Waals surface area contributed by atoms with E-state index in [4.69, 9.17) is 4.74 Å². The Kier molecular flexibility index (Phi) is 7.11. The molecule has 0 aromatic heterocycles. The molecule has 0 fully saturated rings. The molecule has 0 bridgehead atoms. The van der Waals surface area contributed by atoms with Gasteiger partial charge in [0.05, 0.1) is 5.56 Å². The van der Waals surface area contributed by atoms with Crippen LogP contribution in [0, 0.1) is 11.1 Å². The first kappa shape index (κ1) is 25.7. The Balaban J connectivity index is 1.56. The molecule has 0 spiro atoms. The highest BCUT2D eigenvalue weighted by molar-refractivity contribution is 6.45. The van der Waals surface area contributed by atoms with E-state index in [1.165, 1.54) is 30.3 Å². The van der Waals surface area contributed by atoms with Gasteiger partial charge in [-0.05, 0) is 23.3 Å². The number of ether oxygens (including phenoxy) is 1. The van der Waals surface area contributed by atoms with Crippen LogP contribution in [0.2, 0.25) is 0 Å². The quantitative estimate of drug-likeness (QED) is 0.106. The van der Waals surface area contributed by atoms with Gasteiger partial charge < -0.3 is 15.3 Å². The van der Waals surface area contributed by atoms with Crippen LogP contribution in [0.5, 0.6) is 0 Å². The molecule has 1 aliphatic rings. The van der Waals surface area contributed by atoms with Gasteiger partial charge in [0.2, 0.25) is 5.78 Å². The summed E-state index contributed by atoms with van der Waals surface area (Å²) in [7, 11) is 0. The number of rotatable bonds is 8. The van der Waals surface area contributed by atoms with Crippen LogP contribution in [0.25, 0.3) is 11.1 Å². The molecular weight excluding hydrogens is 500 g/mol. The molecule has 4 aromatic carbocycles. The first-order chi connectivity index (χ1) is 18.8. The van der Waals surface area contributed by atoms with Gasteiger partial charge in [-0.1, -0.05) is 78.9 Å². The monoisotopic (exact) mass is 522 g/mol. The summed E-state index contributed by atoms with van der Waals surface area (Å²) in [4.78, 5) is 53.6. The van der Waals surface area contributed by atoms with Gasteiger partial charge in [0.15, 0.2) is 11.5 Å². The summed E-state index contributed by atoms with van der Waals surface area (Å²) in [5.41, 5.74) is 1.96. The number of nitrogens with one attached hydrogen (secondary N) is 2. The maximum atomic E-state index is 14.1. The zero-order valence-corrected chi connectivity index (χ0v) is 20.4. The molecule has 3 atom stereocenters. The predicted molar refractivity (Wildman–Crippen MR) is 140 cm³/mol. The number of benzene rings is 4. The van der Waals surface area contributed by atoms with Crippen molar-refractivity contribution in [1.82, 2.24) is 0 Å². The number of hydrogen-bond acceptors (Lipinski definition) is 7. The van der Waals surface area contributed by atoms with Crippen molar-refractivity contribution in [3.8, 4) is 11.1 Å². The lowest BCUT2D eigenvalue weighted by Crippen LogP contribution is -2.99. The highest BCUT2D eigenvalue weighted by Gasteiger charge is 2.46. The molecule has 5 rings (SSSR count). The van der Waals surface area contributed by atoms with E-state index >= 15 is 0 Å². The van der Waals surface area contributed by atoms with E-state index in [0.717, 1.165) is 5.56 Å². The topological polar surface area (TPSA) is 137 Å². The smallest absolute Gasteiger partial charge is 0.339 e. The van der Waals surface area contributed by atoms with Crippen molar-refractivity contribution in [2.45, 2.75) is 6.10 Å². The van der Waals surface area contributed by atoms with Crippen LogP contribution < -0.4 is 10.5 Å². The zero-order chi connectivity index (χ0) is 27.5. The second-order valence-electron chi connectivity index (χ2n) is 8.87. The maximum Gasteiger partial charge on any atom is 0.339 e. The number of carbonyl (C=O) groups is 4. The van der Waals surface area contributed by atoms with Crippen molar-refractivity contribution >= 4 is 34.8 Å². The van der Waals surface area contributed by atoms with E-state index in [9.17, 15) is 29.6 Å². The highest BCUT2D eigenvalue weighted by atomic mass is 16.8. The number of cyclic esters (lactones) is 1. The van der Waals surface area contributed by atoms with Crippen molar-refractivity contribution in [2.24, 2.45) is 5.92 Å². The minimum Gasteiger partial charge on any atom is -0.595 e. The summed E-state index contributed by atoms with van der Waals surface area (Å²) in [5, 5.41) is 21.7. The first-order valence-corrected chi connectivity index (χ1v) is 12.0. The van der Waals surface area contributed by atoms with Crippen LogP contribution in [0.15, 0.2) is 103 Å². The van der Waals surface area contributed by atoms with Gasteiger partial charge in [-0.15, -0.1) is 0 Å². The lowest BCUT2D eigenvalue weighted by atomic mass is 9.82. The van der Waals surface area contributed by atoms with E-state index in [1.54, 1.807) is 42.5 Å². The van der Waals surface area contributed by atoms with Crippen LogP contribution in [0.1, 0.15) is 32.4 Å². The second kappa shape index (κ2) is 10.8. The van der Waals surface area contributed by atoms with Crippen molar-refractivity contribution in [2.75, 3.05) is 5.32 Å². The standard InChI is InChI=1S/C30H22N2O7/c33-26(22-14-5-4-13-21(22)18-9-2-1-3-10-18)25(28-23-15-6-7-16-24(23)30(36)39-28)27(34)29(35)31-19-11-8-12-20(17-19)32(37)38/h1-17,25,28,32,37H,(H,31,35). The number of amides is 1. The summed E-state index contributed by atoms with van der Waals surface area (Å²) in [6.07, 6.45) is -1.33. The van der Waals surface area contributed by atoms with Crippen molar-refractivity contribution < 1.29 is 34.3 Å². The minimum absolute atomic E-state index is 0.0629. The summed E-state index contributed by atoms with van der Waals surface area (Å²) >= 11 is 0. The molecule has 194 valence electrons. The Morgan fingerprint density at radius 1 is 0.846 bits per heavy atom. The van der Waals surface area contributed by atoms with Gasteiger partial charge in [-0.3, -0.25) is 14.4 Å². The Labute approximate surface area is 222 Å². The molecule has 4 aromatic rings. The Morgan fingerprint density at radius 3 is 2.26 bits per heavy atom. The van der Waals surface area contributed by atoms with Crippen LogP contribution >= 0.6 is 0 Å². The summed E-state index contributed by atoms with van der Waals surface area (Å²) < 4.78 is 5.52. The lowest BCUT2D eigenvalue weighted by molar-refractivity contribution is -0.991. The van der Waals surface area contributed by atoms with Crippen molar-refractivity contribution in [3.05, 3.63) is 125 Å². The second-order valence-corrected chi connectivity index (χ2v) is 8.87. The van der Waals surface area contributed by atoms with Gasteiger partial charge in [-0.25, -0.2) is 10.0 Å². The van der Waals surface area contributed by atoms with Crippen LogP contribution in [0.4, 0.5) is 11.4 Å². The largest absolute Gasteiger partial charge is 0.595 e. The summed E-state index contributed by atoms with van der Waals surface area (Å²) in [6.45, 7) is 0. The number of fused-ring (bicyclic) bond motifs is 1. The molecule has 1 aliphatic heterocycles. The average molecular weight is 523 g/mol. The third-order valence-electron chi connectivity index (χ3n) is 6.46. The van der Waals surface area contributed by atoms with Crippen molar-refractivity contribution in [3.63, 3.8) is 0 Å². The fraction of sp³-hybridized carbons (Fsp3) is 0.0667. The van der Waals surface area contributed by atoms with Crippen LogP contribution in [-0.4, -0.2) is 28.7 Å². The molecule has 1 amide bonds. The SMILES string of the molecule is O=C(Nc1cccc([NH+]([O-])O)c1)C(=O)C(C(=O)c1ccccc1-c1ccccc1)C1OC(=O)c2ccccc21. The molecule has 0 aliphatic carbocycles. The molecule has 9 heteroatoms. The molecule has 0 saturated carbocycles. The molecule has 0 saturated heterocycles. The van der Waals surface area contributed by atoms with E-state index in [0.29, 0.717) is 11.1 Å². The van der Waals surface area contributed by atoms with Crippen LogP contribution in [-0.2, 0) is 14.3 Å². The van der Waals surface area contributed by atoms with Crippen LogP contribution in [0.3, 0.4) is 0 Å². The van der Waals surface area contributed by atoms with Gasteiger partial charge in [-0.2, -0.15) is 5.23 Å². The molecular formula is C30H22N2O7. The number of carbonyl (C=O) groups excluding carboxylic acids is 4. The molecule has 3 unspecified atom stereocenters. The predicted octanol–water partition coefficient (Wildman–Crippen LogP) is 3.68. The minimum atomic E-state index is -1.69. The number of anilines is 1. The molecule has 3 N–H and O–H groups in total. The Morgan fingerprint density at radius 2 is 1.51 bits per heavy atom. The van der Waals surface area contributed by atoms with E-state index in [2.05, 4.69) is 5.32 Å². The maximum absolute atomic E-state index is 14.1. The van der Waals surface area contributed by atoms with Gasteiger partial charge in [0.1, 0.15) is 12.0 Å². The third kappa shape index (κ3) is 5.10. The lowest BCUT2D eigenvalue weighted by Gasteiger charge is -2.22. The summed E-state index contributed by atoms with van der Waals surface area (Å²) in [6, 6.07) is 27.5. The number of hydrogen-bond donors (Lipinski definition) is 3. The van der Waals surface area contributed by atoms with E-state index < -0.39 is 40.7 Å². The van der Waals surface area contributed by atoms with Crippen molar-refractivity contribution in [1.29, 1.82) is 0 Å². The zero-order valence-electron chi connectivity index (χ0n) is 20.4. The number of esters is 1.